The highest BCUT2D eigenvalue weighted by molar-refractivity contribution is 7.89. The Morgan fingerprint density at radius 3 is 2.40 bits per heavy atom. The Bertz CT molecular complexity index is 450. The molecule has 0 aliphatic rings. The maximum atomic E-state index is 11.3. The summed E-state index contributed by atoms with van der Waals surface area (Å²) >= 11 is 0. The van der Waals surface area contributed by atoms with Crippen molar-refractivity contribution in [1.82, 2.24) is 0 Å². The van der Waals surface area contributed by atoms with Crippen LogP contribution in [0.15, 0.2) is 23.1 Å². The third-order valence-electron chi connectivity index (χ3n) is 2.33. The van der Waals surface area contributed by atoms with E-state index >= 15 is 0 Å². The van der Waals surface area contributed by atoms with E-state index in [4.69, 9.17) is 5.14 Å². The first-order valence-corrected chi connectivity index (χ1v) is 6.48. The summed E-state index contributed by atoms with van der Waals surface area (Å²) in [5.74, 6) is 0.499. The Balaban J connectivity index is 3.24. The number of nitrogens with two attached hydrogens (primary N) is 1. The Morgan fingerprint density at radius 2 is 1.93 bits per heavy atom. The average molecular weight is 227 g/mol. The van der Waals surface area contributed by atoms with Gasteiger partial charge in [-0.1, -0.05) is 26.0 Å². The van der Waals surface area contributed by atoms with E-state index < -0.39 is 10.0 Å². The second-order valence-electron chi connectivity index (χ2n) is 4.18. The Morgan fingerprint density at radius 1 is 1.33 bits per heavy atom. The van der Waals surface area contributed by atoms with Gasteiger partial charge in [0.05, 0.1) is 4.90 Å². The van der Waals surface area contributed by atoms with Crippen molar-refractivity contribution in [3.63, 3.8) is 0 Å². The van der Waals surface area contributed by atoms with Gasteiger partial charge in [0.25, 0.3) is 0 Å². The molecule has 0 aromatic heterocycles. The quantitative estimate of drug-likeness (QED) is 0.856. The fraction of sp³-hybridized carbons (Fsp3) is 0.455. The predicted octanol–water partition coefficient (Wildman–Crippen LogP) is 1.84. The lowest BCUT2D eigenvalue weighted by Crippen LogP contribution is -2.14. The standard InChI is InChI=1S/C11H17NO2S/c1-8(2)7-10-5-4-6-11(9(10)3)15(12,13)14/h4-6,8H,7H2,1-3H3,(H2,12,13,14). The summed E-state index contributed by atoms with van der Waals surface area (Å²) in [7, 11) is -3.59. The molecule has 3 nitrogen and oxygen atoms in total. The molecule has 0 amide bonds. The van der Waals surface area contributed by atoms with E-state index in [1.54, 1.807) is 19.1 Å². The van der Waals surface area contributed by atoms with Crippen molar-refractivity contribution in [2.24, 2.45) is 11.1 Å². The van der Waals surface area contributed by atoms with Gasteiger partial charge in [-0.15, -0.1) is 0 Å². The zero-order valence-corrected chi connectivity index (χ0v) is 10.1. The van der Waals surface area contributed by atoms with Crippen LogP contribution in [0.5, 0.6) is 0 Å². The van der Waals surface area contributed by atoms with Crippen LogP contribution in [-0.2, 0) is 16.4 Å². The molecule has 15 heavy (non-hydrogen) atoms. The zero-order chi connectivity index (χ0) is 11.6. The monoisotopic (exact) mass is 227 g/mol. The van der Waals surface area contributed by atoms with Gasteiger partial charge in [-0.25, -0.2) is 13.6 Å². The van der Waals surface area contributed by atoms with Crippen molar-refractivity contribution in [3.8, 4) is 0 Å². The van der Waals surface area contributed by atoms with Gasteiger partial charge < -0.3 is 0 Å². The van der Waals surface area contributed by atoms with Gasteiger partial charge in [0.15, 0.2) is 0 Å². The van der Waals surface area contributed by atoms with Crippen LogP contribution in [0.1, 0.15) is 25.0 Å². The minimum atomic E-state index is -3.59. The Kier molecular flexibility index (Phi) is 3.52. The Labute approximate surface area is 91.4 Å². The average Bonchev–Trinajstić information content (AvgIpc) is 2.05. The molecule has 0 radical (unpaired) electrons. The molecule has 1 rings (SSSR count). The molecule has 0 spiro atoms. The van der Waals surface area contributed by atoms with Crippen LogP contribution < -0.4 is 5.14 Å². The molecule has 1 aromatic carbocycles. The maximum Gasteiger partial charge on any atom is 0.238 e. The minimum absolute atomic E-state index is 0.237. The summed E-state index contributed by atoms with van der Waals surface area (Å²) in [5, 5.41) is 5.13. The molecule has 2 N–H and O–H groups in total. The SMILES string of the molecule is Cc1c(CC(C)C)cccc1S(N)(=O)=O. The van der Waals surface area contributed by atoms with Crippen molar-refractivity contribution >= 4 is 10.0 Å². The Hall–Kier alpha value is -0.870. The molecule has 0 heterocycles. The lowest BCUT2D eigenvalue weighted by Gasteiger charge is -2.11. The van der Waals surface area contributed by atoms with E-state index in [0.717, 1.165) is 17.5 Å². The molecule has 0 aliphatic carbocycles. The number of rotatable bonds is 3. The molecular formula is C11H17NO2S. The highest BCUT2D eigenvalue weighted by Crippen LogP contribution is 2.20. The minimum Gasteiger partial charge on any atom is -0.225 e. The fourth-order valence-corrected chi connectivity index (χ4v) is 2.46. The number of primary sulfonamides is 1. The van der Waals surface area contributed by atoms with E-state index in [9.17, 15) is 8.42 Å². The van der Waals surface area contributed by atoms with Crippen LogP contribution in [0.25, 0.3) is 0 Å². The first-order valence-electron chi connectivity index (χ1n) is 4.93. The lowest BCUT2D eigenvalue weighted by molar-refractivity contribution is 0.596. The van der Waals surface area contributed by atoms with E-state index in [-0.39, 0.29) is 4.90 Å². The summed E-state index contributed by atoms with van der Waals surface area (Å²) in [4.78, 5) is 0.237. The molecule has 0 unspecified atom stereocenters. The molecule has 4 heteroatoms. The topological polar surface area (TPSA) is 60.2 Å². The van der Waals surface area contributed by atoms with Crippen LogP contribution in [0.4, 0.5) is 0 Å². The highest BCUT2D eigenvalue weighted by Gasteiger charge is 2.13. The van der Waals surface area contributed by atoms with Gasteiger partial charge >= 0.3 is 0 Å². The van der Waals surface area contributed by atoms with Crippen molar-refractivity contribution < 1.29 is 8.42 Å². The molecular weight excluding hydrogens is 210 g/mol. The molecule has 0 atom stereocenters. The maximum absolute atomic E-state index is 11.3. The predicted molar refractivity (Wildman–Crippen MR) is 61.1 cm³/mol. The fourth-order valence-electron chi connectivity index (χ4n) is 1.63. The van der Waals surface area contributed by atoms with Gasteiger partial charge in [0.2, 0.25) is 10.0 Å². The summed E-state index contributed by atoms with van der Waals surface area (Å²) in [6, 6.07) is 5.24. The second-order valence-corrected chi connectivity index (χ2v) is 5.71. The van der Waals surface area contributed by atoms with Crippen LogP contribution >= 0.6 is 0 Å². The van der Waals surface area contributed by atoms with Crippen molar-refractivity contribution in [2.75, 3.05) is 0 Å². The zero-order valence-electron chi connectivity index (χ0n) is 9.32. The van der Waals surface area contributed by atoms with Gasteiger partial charge in [-0.3, -0.25) is 0 Å². The first-order chi connectivity index (χ1) is 6.82. The molecule has 0 bridgehead atoms. The molecule has 0 fully saturated rings. The first kappa shape index (κ1) is 12.2. The second kappa shape index (κ2) is 4.33. The highest BCUT2D eigenvalue weighted by atomic mass is 32.2. The summed E-state index contributed by atoms with van der Waals surface area (Å²) in [6.45, 7) is 6.00. The van der Waals surface area contributed by atoms with Gasteiger partial charge in [0.1, 0.15) is 0 Å². The third kappa shape index (κ3) is 3.04. The number of sulfonamides is 1. The molecule has 1 aromatic rings. The number of hydrogen-bond acceptors (Lipinski definition) is 2. The number of hydrogen-bond donors (Lipinski definition) is 1. The van der Waals surface area contributed by atoms with E-state index in [1.165, 1.54) is 0 Å². The van der Waals surface area contributed by atoms with Crippen LogP contribution in [0.2, 0.25) is 0 Å². The summed E-state index contributed by atoms with van der Waals surface area (Å²) in [6.07, 6.45) is 0.870. The third-order valence-corrected chi connectivity index (χ3v) is 3.39. The van der Waals surface area contributed by atoms with E-state index in [2.05, 4.69) is 13.8 Å². The summed E-state index contributed by atoms with van der Waals surface area (Å²) in [5.41, 5.74) is 1.82. The summed E-state index contributed by atoms with van der Waals surface area (Å²) < 4.78 is 22.5. The molecule has 0 saturated heterocycles. The van der Waals surface area contributed by atoms with Crippen LogP contribution in [0, 0.1) is 12.8 Å². The van der Waals surface area contributed by atoms with Crippen molar-refractivity contribution in [3.05, 3.63) is 29.3 Å². The van der Waals surface area contributed by atoms with Crippen LogP contribution in [-0.4, -0.2) is 8.42 Å². The normalized spacial score (nSPS) is 12.1. The van der Waals surface area contributed by atoms with Crippen molar-refractivity contribution in [1.29, 1.82) is 0 Å². The van der Waals surface area contributed by atoms with Crippen LogP contribution in [0.3, 0.4) is 0 Å². The van der Waals surface area contributed by atoms with Gasteiger partial charge in [0, 0.05) is 0 Å². The van der Waals surface area contributed by atoms with E-state index in [0.29, 0.717) is 5.92 Å². The smallest absolute Gasteiger partial charge is 0.225 e. The van der Waals surface area contributed by atoms with Gasteiger partial charge in [-0.05, 0) is 36.5 Å². The van der Waals surface area contributed by atoms with Gasteiger partial charge in [-0.2, -0.15) is 0 Å². The largest absolute Gasteiger partial charge is 0.238 e. The van der Waals surface area contributed by atoms with E-state index in [1.807, 2.05) is 6.07 Å². The number of benzene rings is 1. The molecule has 0 aliphatic heterocycles. The molecule has 84 valence electrons. The molecule has 0 saturated carbocycles. The van der Waals surface area contributed by atoms with Crippen molar-refractivity contribution in [2.45, 2.75) is 32.1 Å². The lowest BCUT2D eigenvalue weighted by atomic mass is 9.99.